The summed E-state index contributed by atoms with van der Waals surface area (Å²) < 4.78 is 0. The summed E-state index contributed by atoms with van der Waals surface area (Å²) in [6.45, 7) is 4.91. The van der Waals surface area contributed by atoms with E-state index in [0.29, 0.717) is 29.5 Å². The zero-order valence-corrected chi connectivity index (χ0v) is 16.5. The molecule has 1 atom stereocenters. The van der Waals surface area contributed by atoms with E-state index in [-0.39, 0.29) is 18.4 Å². The van der Waals surface area contributed by atoms with Crippen LogP contribution in [0, 0.1) is 6.92 Å². The van der Waals surface area contributed by atoms with Crippen LogP contribution in [0.1, 0.15) is 33.4 Å². The summed E-state index contributed by atoms with van der Waals surface area (Å²) in [4.78, 5) is 23.2. The molecule has 3 heterocycles. The molecule has 2 aromatic heterocycles. The summed E-state index contributed by atoms with van der Waals surface area (Å²) in [5, 5.41) is 14.5. The van der Waals surface area contributed by atoms with Crippen LogP contribution in [0.2, 0.25) is 5.02 Å². The Morgan fingerprint density at radius 3 is 3.00 bits per heavy atom. The van der Waals surface area contributed by atoms with Gasteiger partial charge in [0.2, 0.25) is 5.78 Å². The predicted molar refractivity (Wildman–Crippen MR) is 110 cm³/mol. The zero-order valence-electron chi connectivity index (χ0n) is 15.7. The van der Waals surface area contributed by atoms with Crippen LogP contribution in [0.15, 0.2) is 36.5 Å². The Bertz CT molecular complexity index is 1010. The van der Waals surface area contributed by atoms with Gasteiger partial charge in [-0.2, -0.15) is 0 Å². The third-order valence-electron chi connectivity index (χ3n) is 5.25. The van der Waals surface area contributed by atoms with Crippen LogP contribution in [0.4, 0.5) is 0 Å². The number of carbonyl (C=O) groups excluding carboxylic acids is 1. The van der Waals surface area contributed by atoms with Crippen LogP contribution in [-0.2, 0) is 0 Å². The number of fused-ring (bicyclic) bond motifs is 1. The van der Waals surface area contributed by atoms with Crippen molar-refractivity contribution in [1.82, 2.24) is 20.2 Å². The van der Waals surface area contributed by atoms with Crippen LogP contribution in [0.3, 0.4) is 0 Å². The normalized spacial score (nSPS) is 17.9. The Morgan fingerprint density at radius 1 is 1.36 bits per heavy atom. The molecular weight excluding hydrogens is 376 g/mol. The number of H-pyrrole nitrogens is 1. The van der Waals surface area contributed by atoms with Crippen molar-refractivity contribution in [2.24, 2.45) is 0 Å². The van der Waals surface area contributed by atoms with Crippen molar-refractivity contribution in [3.63, 3.8) is 0 Å². The first-order valence-electron chi connectivity index (χ1n) is 9.42. The largest absolute Gasteiger partial charge is 0.395 e. The highest BCUT2D eigenvalue weighted by Crippen LogP contribution is 2.35. The van der Waals surface area contributed by atoms with Gasteiger partial charge in [0.05, 0.1) is 18.3 Å². The van der Waals surface area contributed by atoms with Crippen molar-refractivity contribution in [1.29, 1.82) is 0 Å². The fourth-order valence-electron chi connectivity index (χ4n) is 3.93. The molecule has 1 aliphatic rings. The lowest BCUT2D eigenvalue weighted by Crippen LogP contribution is -2.47. The number of halogens is 1. The second kappa shape index (κ2) is 8.01. The first-order valence-corrected chi connectivity index (χ1v) is 9.80. The number of hydrogen-bond donors (Lipinski definition) is 3. The topological polar surface area (TPSA) is 81.2 Å². The number of aromatic amines is 1. The van der Waals surface area contributed by atoms with Gasteiger partial charge in [0.15, 0.2) is 0 Å². The molecule has 3 aromatic rings. The minimum Gasteiger partial charge on any atom is -0.395 e. The lowest BCUT2D eigenvalue weighted by atomic mass is 9.96. The highest BCUT2D eigenvalue weighted by atomic mass is 35.5. The van der Waals surface area contributed by atoms with E-state index in [1.165, 1.54) is 0 Å². The van der Waals surface area contributed by atoms with E-state index in [9.17, 15) is 9.90 Å². The maximum atomic E-state index is 13.4. The van der Waals surface area contributed by atoms with E-state index < -0.39 is 0 Å². The van der Waals surface area contributed by atoms with Crippen molar-refractivity contribution < 1.29 is 9.90 Å². The van der Waals surface area contributed by atoms with Crippen molar-refractivity contribution >= 4 is 28.3 Å². The maximum absolute atomic E-state index is 13.4. The Kier molecular flexibility index (Phi) is 5.46. The van der Waals surface area contributed by atoms with Crippen molar-refractivity contribution in [3.05, 3.63) is 64.1 Å². The van der Waals surface area contributed by atoms with Crippen molar-refractivity contribution in [3.8, 4) is 0 Å². The first-order chi connectivity index (χ1) is 13.6. The van der Waals surface area contributed by atoms with E-state index in [4.69, 9.17) is 11.6 Å². The number of ketones is 1. The number of β-amino-alcohol motifs (C(OH)–C–C–N with tert-alkyl or cyclic N) is 1. The third-order valence-corrected chi connectivity index (χ3v) is 5.49. The highest BCUT2D eigenvalue weighted by molar-refractivity contribution is 6.31. The molecule has 0 saturated carbocycles. The van der Waals surface area contributed by atoms with Crippen LogP contribution in [0.25, 0.3) is 10.9 Å². The van der Waals surface area contributed by atoms with E-state index in [0.717, 1.165) is 35.1 Å². The maximum Gasteiger partial charge on any atom is 0.227 e. The molecule has 28 heavy (non-hydrogen) atoms. The third kappa shape index (κ3) is 3.56. The Morgan fingerprint density at radius 2 is 2.21 bits per heavy atom. The molecule has 3 N–H and O–H groups in total. The second-order valence-corrected chi connectivity index (χ2v) is 7.57. The summed E-state index contributed by atoms with van der Waals surface area (Å²) in [5.74, 6) is -0.138. The summed E-state index contributed by atoms with van der Waals surface area (Å²) in [6, 6.07) is 9.24. The minimum absolute atomic E-state index is 0.0446. The number of aliphatic hydroxyl groups is 1. The predicted octanol–water partition coefficient (Wildman–Crippen LogP) is 2.69. The van der Waals surface area contributed by atoms with Gasteiger partial charge in [-0.3, -0.25) is 14.7 Å². The lowest BCUT2D eigenvalue weighted by Gasteiger charge is -2.36. The van der Waals surface area contributed by atoms with Crippen LogP contribution in [-0.4, -0.2) is 58.5 Å². The van der Waals surface area contributed by atoms with Gasteiger partial charge in [0.1, 0.15) is 5.69 Å². The quantitative estimate of drug-likeness (QED) is 0.576. The summed E-state index contributed by atoms with van der Waals surface area (Å²) in [6.07, 6.45) is 1.65. The molecule has 146 valence electrons. The van der Waals surface area contributed by atoms with Gasteiger partial charge >= 0.3 is 0 Å². The summed E-state index contributed by atoms with van der Waals surface area (Å²) in [5.41, 5.74) is 3.71. The molecular formula is C21H23ClN4O2. The molecule has 6 nitrogen and oxygen atoms in total. The molecule has 1 unspecified atom stereocenters. The lowest BCUT2D eigenvalue weighted by molar-refractivity contribution is 0.102. The minimum atomic E-state index is -0.138. The molecule has 0 aliphatic carbocycles. The number of hydrogen-bond acceptors (Lipinski definition) is 5. The van der Waals surface area contributed by atoms with Crippen LogP contribution < -0.4 is 5.32 Å². The molecule has 1 fully saturated rings. The van der Waals surface area contributed by atoms with Gasteiger partial charge in [-0.05, 0) is 42.8 Å². The second-order valence-electron chi connectivity index (χ2n) is 7.13. The van der Waals surface area contributed by atoms with E-state index in [2.05, 4.69) is 20.2 Å². The fourth-order valence-corrected chi connectivity index (χ4v) is 4.10. The van der Waals surface area contributed by atoms with E-state index in [1.807, 2.05) is 31.2 Å². The zero-order chi connectivity index (χ0) is 19.7. The molecule has 0 spiro atoms. The molecule has 1 saturated heterocycles. The van der Waals surface area contributed by atoms with Crippen LogP contribution in [0.5, 0.6) is 0 Å². The molecule has 1 aromatic carbocycles. The molecule has 1 aliphatic heterocycles. The number of nitrogens with one attached hydrogen (secondary N) is 2. The van der Waals surface area contributed by atoms with Gasteiger partial charge in [0, 0.05) is 53.9 Å². The standard InChI is InChI=1S/C21H23ClN4O2/c1-13-4-5-24-17(10-13)21(28)20-19(15-11-14(22)2-3-16(15)25-20)18-12-23-6-7-26(18)8-9-27/h2-5,10-11,18,23,25,27H,6-9,12H2,1H3. The van der Waals surface area contributed by atoms with Crippen molar-refractivity contribution in [2.45, 2.75) is 13.0 Å². The first kappa shape index (κ1) is 19.1. The average molecular weight is 399 g/mol. The molecule has 0 radical (unpaired) electrons. The fraction of sp³-hybridized carbons (Fsp3) is 0.333. The molecule has 0 amide bonds. The number of carbonyl (C=O) groups is 1. The van der Waals surface area contributed by atoms with Gasteiger partial charge in [-0.25, -0.2) is 0 Å². The Labute approximate surface area is 168 Å². The molecule has 7 heteroatoms. The van der Waals surface area contributed by atoms with E-state index in [1.54, 1.807) is 12.3 Å². The van der Waals surface area contributed by atoms with Crippen molar-refractivity contribution in [2.75, 3.05) is 32.8 Å². The Balaban J connectivity index is 1.88. The summed E-state index contributed by atoms with van der Waals surface area (Å²) >= 11 is 6.27. The van der Waals surface area contributed by atoms with Gasteiger partial charge < -0.3 is 15.4 Å². The van der Waals surface area contributed by atoms with Gasteiger partial charge in [-0.1, -0.05) is 11.6 Å². The average Bonchev–Trinajstić information content (AvgIpc) is 3.06. The summed E-state index contributed by atoms with van der Waals surface area (Å²) in [7, 11) is 0. The molecule has 0 bridgehead atoms. The highest BCUT2D eigenvalue weighted by Gasteiger charge is 2.31. The number of nitrogens with zero attached hydrogens (tertiary/aromatic N) is 2. The number of rotatable bonds is 5. The number of aliphatic hydroxyl groups excluding tert-OH is 1. The number of aryl methyl sites for hydroxylation is 1. The van der Waals surface area contributed by atoms with Crippen LogP contribution >= 0.6 is 11.6 Å². The van der Waals surface area contributed by atoms with Gasteiger partial charge in [0.25, 0.3) is 0 Å². The number of benzene rings is 1. The number of pyridine rings is 1. The monoisotopic (exact) mass is 398 g/mol. The SMILES string of the molecule is Cc1ccnc(C(=O)c2[nH]c3ccc(Cl)cc3c2C2CNCCN2CCO)c1. The van der Waals surface area contributed by atoms with Gasteiger partial charge in [-0.15, -0.1) is 0 Å². The number of piperazine rings is 1. The Hall–Kier alpha value is -2.25. The van der Waals surface area contributed by atoms with E-state index >= 15 is 0 Å². The smallest absolute Gasteiger partial charge is 0.227 e. The molecule has 4 rings (SSSR count). The number of aromatic nitrogens is 2.